The van der Waals surface area contributed by atoms with Crippen molar-refractivity contribution in [3.05, 3.63) is 47.9 Å². The molecule has 0 unspecified atom stereocenters. The van der Waals surface area contributed by atoms with E-state index in [4.69, 9.17) is 4.74 Å². The molecule has 128 valence electrons. The molecule has 2 aliphatic rings. The molecule has 1 aromatic carbocycles. The normalized spacial score (nSPS) is 18.7. The number of halogens is 1. The molecule has 0 bridgehead atoms. The van der Waals surface area contributed by atoms with Crippen molar-refractivity contribution in [2.75, 3.05) is 18.9 Å². The number of ether oxygens (including phenoxy) is 1. The first-order valence-electron chi connectivity index (χ1n) is 7.91. The maximum absolute atomic E-state index is 14.3. The molecule has 2 aliphatic heterocycles. The standard InChI is InChI=1S/C17H19FN2O3S/c1-2-3-10-23-16-7-6-13(12-15(16)18)14-5-4-8-20-9-11-24(21,22)19-17(14)20/h4-8,12H,2-3,9-11H2,1H3. The lowest BCUT2D eigenvalue weighted by molar-refractivity contribution is 0.294. The summed E-state index contributed by atoms with van der Waals surface area (Å²) in [5.74, 6) is 0.0500. The number of allylic oxidation sites excluding steroid dienone is 2. The molecule has 0 saturated heterocycles. The molecule has 0 radical (unpaired) electrons. The second-order valence-corrected chi connectivity index (χ2v) is 7.42. The second kappa shape index (κ2) is 6.76. The van der Waals surface area contributed by atoms with E-state index in [1.54, 1.807) is 35.4 Å². The van der Waals surface area contributed by atoms with E-state index in [1.165, 1.54) is 6.07 Å². The van der Waals surface area contributed by atoms with Gasteiger partial charge >= 0.3 is 0 Å². The maximum atomic E-state index is 14.3. The molecule has 0 atom stereocenters. The average Bonchev–Trinajstić information content (AvgIpc) is 2.55. The Kier molecular flexibility index (Phi) is 4.71. The van der Waals surface area contributed by atoms with Gasteiger partial charge in [-0.3, -0.25) is 0 Å². The Morgan fingerprint density at radius 3 is 2.96 bits per heavy atom. The molecule has 0 N–H and O–H groups in total. The highest BCUT2D eigenvalue weighted by Gasteiger charge is 2.27. The minimum absolute atomic E-state index is 0.0211. The fraction of sp³-hybridized carbons (Fsp3) is 0.353. The van der Waals surface area contributed by atoms with Crippen molar-refractivity contribution < 1.29 is 17.5 Å². The summed E-state index contributed by atoms with van der Waals surface area (Å²) in [4.78, 5) is 1.76. The van der Waals surface area contributed by atoms with Gasteiger partial charge in [-0.25, -0.2) is 12.8 Å². The quantitative estimate of drug-likeness (QED) is 0.766. The van der Waals surface area contributed by atoms with Gasteiger partial charge in [0.2, 0.25) is 0 Å². The molecule has 0 amide bonds. The third-order valence-corrected chi connectivity index (χ3v) is 5.01. The lowest BCUT2D eigenvalue weighted by Crippen LogP contribution is -2.37. The largest absolute Gasteiger partial charge is 0.491 e. The van der Waals surface area contributed by atoms with Crippen LogP contribution >= 0.6 is 0 Å². The first-order valence-corrected chi connectivity index (χ1v) is 9.52. The lowest BCUT2D eigenvalue weighted by atomic mass is 10.0. The number of nitrogens with zero attached hydrogens (tertiary/aromatic N) is 2. The van der Waals surface area contributed by atoms with Gasteiger partial charge in [-0.05, 0) is 36.3 Å². The monoisotopic (exact) mass is 350 g/mol. The fourth-order valence-corrected chi connectivity index (χ4v) is 3.54. The van der Waals surface area contributed by atoms with Crippen molar-refractivity contribution in [2.45, 2.75) is 19.8 Å². The van der Waals surface area contributed by atoms with Crippen LogP contribution in [0.4, 0.5) is 4.39 Å². The minimum Gasteiger partial charge on any atom is -0.491 e. The Morgan fingerprint density at radius 1 is 1.38 bits per heavy atom. The van der Waals surface area contributed by atoms with Crippen LogP contribution in [-0.4, -0.2) is 38.1 Å². The van der Waals surface area contributed by atoms with Crippen LogP contribution < -0.4 is 4.74 Å². The summed E-state index contributed by atoms with van der Waals surface area (Å²) < 4.78 is 47.1. The van der Waals surface area contributed by atoms with E-state index in [1.807, 2.05) is 6.92 Å². The van der Waals surface area contributed by atoms with Crippen molar-refractivity contribution >= 4 is 21.4 Å². The molecule has 5 nitrogen and oxygen atoms in total. The highest BCUT2D eigenvalue weighted by Crippen LogP contribution is 2.28. The van der Waals surface area contributed by atoms with Crippen LogP contribution in [0.3, 0.4) is 0 Å². The maximum Gasteiger partial charge on any atom is 0.256 e. The zero-order chi connectivity index (χ0) is 17.2. The van der Waals surface area contributed by atoms with E-state index < -0.39 is 15.8 Å². The van der Waals surface area contributed by atoms with Gasteiger partial charge in [-0.15, -0.1) is 4.40 Å². The van der Waals surface area contributed by atoms with Crippen LogP contribution in [0.15, 0.2) is 40.9 Å². The molecule has 7 heteroatoms. The number of rotatable bonds is 5. The van der Waals surface area contributed by atoms with Gasteiger partial charge in [0, 0.05) is 18.3 Å². The topological polar surface area (TPSA) is 59.0 Å². The highest BCUT2D eigenvalue weighted by atomic mass is 32.2. The van der Waals surface area contributed by atoms with Gasteiger partial charge < -0.3 is 9.64 Å². The Bertz CT molecular complexity index is 828. The smallest absolute Gasteiger partial charge is 0.256 e. The van der Waals surface area contributed by atoms with Crippen molar-refractivity contribution in [3.8, 4) is 5.75 Å². The molecule has 24 heavy (non-hydrogen) atoms. The zero-order valence-corrected chi connectivity index (χ0v) is 14.2. The number of hydrogen-bond donors (Lipinski definition) is 0. The van der Waals surface area contributed by atoms with Gasteiger partial charge in [-0.2, -0.15) is 0 Å². The molecule has 0 saturated carbocycles. The molecule has 2 heterocycles. The zero-order valence-electron chi connectivity index (χ0n) is 13.4. The van der Waals surface area contributed by atoms with Crippen molar-refractivity contribution in [2.24, 2.45) is 4.40 Å². The molecule has 0 aliphatic carbocycles. The Morgan fingerprint density at radius 2 is 2.21 bits per heavy atom. The number of unbranched alkanes of at least 4 members (excludes halogenated alkanes) is 1. The van der Waals surface area contributed by atoms with Crippen molar-refractivity contribution in [1.29, 1.82) is 0 Å². The van der Waals surface area contributed by atoms with Crippen molar-refractivity contribution in [3.63, 3.8) is 0 Å². The van der Waals surface area contributed by atoms with Gasteiger partial charge in [0.15, 0.2) is 17.4 Å². The predicted molar refractivity (Wildman–Crippen MR) is 91.8 cm³/mol. The van der Waals surface area contributed by atoms with Crippen LogP contribution in [0.5, 0.6) is 5.75 Å². The summed E-state index contributed by atoms with van der Waals surface area (Å²) in [7, 11) is -3.47. The Labute approximate surface area is 141 Å². The molecule has 0 aromatic heterocycles. The molecule has 0 spiro atoms. The van der Waals surface area contributed by atoms with Crippen LogP contribution in [0, 0.1) is 5.82 Å². The molecular formula is C17H19FN2O3S. The average molecular weight is 350 g/mol. The van der Waals surface area contributed by atoms with Gasteiger partial charge in [0.1, 0.15) is 0 Å². The summed E-state index contributed by atoms with van der Waals surface area (Å²) in [6.07, 6.45) is 7.15. The highest BCUT2D eigenvalue weighted by molar-refractivity contribution is 7.90. The Balaban J connectivity index is 1.91. The van der Waals surface area contributed by atoms with Gasteiger partial charge in [0.25, 0.3) is 10.0 Å². The van der Waals surface area contributed by atoms with Gasteiger partial charge in [0.05, 0.1) is 12.4 Å². The summed E-state index contributed by atoms with van der Waals surface area (Å²) >= 11 is 0. The molecule has 0 fully saturated rings. The first-order chi connectivity index (χ1) is 11.5. The first kappa shape index (κ1) is 16.7. The Hall–Kier alpha value is -2.15. The number of benzene rings is 1. The van der Waals surface area contributed by atoms with Crippen LogP contribution in [0.25, 0.3) is 5.57 Å². The fourth-order valence-electron chi connectivity index (χ4n) is 2.55. The summed E-state index contributed by atoms with van der Waals surface area (Å²) in [6.45, 7) is 2.85. The van der Waals surface area contributed by atoms with E-state index in [0.717, 1.165) is 12.8 Å². The molecule has 1 aromatic rings. The third-order valence-electron chi connectivity index (χ3n) is 3.86. The molecular weight excluding hydrogens is 331 g/mol. The van der Waals surface area contributed by atoms with E-state index in [2.05, 4.69) is 4.40 Å². The van der Waals surface area contributed by atoms with Crippen LogP contribution in [-0.2, 0) is 10.0 Å². The number of sulfonamides is 1. The minimum atomic E-state index is -3.47. The van der Waals surface area contributed by atoms with E-state index in [0.29, 0.717) is 30.1 Å². The number of fused-ring (bicyclic) bond motifs is 1. The van der Waals surface area contributed by atoms with Gasteiger partial charge in [-0.1, -0.05) is 19.4 Å². The summed E-state index contributed by atoms with van der Waals surface area (Å²) in [6, 6.07) is 4.65. The predicted octanol–water partition coefficient (Wildman–Crippen LogP) is 2.96. The number of hydrogen-bond acceptors (Lipinski definition) is 4. The van der Waals surface area contributed by atoms with Crippen molar-refractivity contribution in [1.82, 2.24) is 4.90 Å². The molecule has 3 rings (SSSR count). The van der Waals surface area contributed by atoms with Crippen LogP contribution in [0.1, 0.15) is 25.3 Å². The van der Waals surface area contributed by atoms with Crippen LogP contribution in [0.2, 0.25) is 0 Å². The lowest BCUT2D eigenvalue weighted by Gasteiger charge is -2.29. The third kappa shape index (κ3) is 3.51. The SMILES string of the molecule is CCCCOc1ccc(C2=CC=CN3CCS(=O)(=O)N=C23)cc1F. The summed E-state index contributed by atoms with van der Waals surface area (Å²) in [5, 5.41) is 0. The van der Waals surface area contributed by atoms with E-state index in [9.17, 15) is 12.8 Å². The van der Waals surface area contributed by atoms with E-state index in [-0.39, 0.29) is 11.5 Å². The summed E-state index contributed by atoms with van der Waals surface area (Å²) in [5.41, 5.74) is 1.15. The number of amidine groups is 1. The van der Waals surface area contributed by atoms with E-state index >= 15 is 0 Å². The second-order valence-electron chi connectivity index (χ2n) is 5.66.